The second-order valence-electron chi connectivity index (χ2n) is 7.46. The highest BCUT2D eigenvalue weighted by molar-refractivity contribution is 7.80. The van der Waals surface area contributed by atoms with Crippen LogP contribution in [0.25, 0.3) is 0 Å². The number of carbonyl (C=O) groups is 4. The first-order valence-corrected chi connectivity index (χ1v) is 11.6. The normalized spacial score (nSPS) is 14.3. The number of carboxylic acid groups (broad SMARTS) is 1. The minimum Gasteiger partial charge on any atom is -0.480 e. The molecule has 4 atom stereocenters. The molecular formula is C21H28N6O5S2. The Morgan fingerprint density at radius 3 is 2.09 bits per heavy atom. The number of hydrogen-bond donors (Lipinski definition) is 8. The Bertz CT molecular complexity index is 960. The van der Waals surface area contributed by atoms with Crippen molar-refractivity contribution in [1.29, 1.82) is 0 Å². The zero-order valence-corrected chi connectivity index (χ0v) is 20.0. The van der Waals surface area contributed by atoms with Crippen molar-refractivity contribution in [3.05, 3.63) is 54.1 Å². The molecule has 13 heteroatoms. The lowest BCUT2D eigenvalue weighted by molar-refractivity contribution is -0.142. The Labute approximate surface area is 207 Å². The lowest BCUT2D eigenvalue weighted by Gasteiger charge is -2.24. The number of aliphatic carboxylic acids is 1. The van der Waals surface area contributed by atoms with Gasteiger partial charge in [0.15, 0.2) is 0 Å². The zero-order chi connectivity index (χ0) is 25.1. The van der Waals surface area contributed by atoms with E-state index in [1.807, 2.05) is 6.07 Å². The molecule has 1 heterocycles. The number of aromatic nitrogens is 2. The van der Waals surface area contributed by atoms with Crippen LogP contribution >= 0.6 is 25.3 Å². The van der Waals surface area contributed by atoms with Crippen molar-refractivity contribution in [3.63, 3.8) is 0 Å². The van der Waals surface area contributed by atoms with E-state index in [9.17, 15) is 24.3 Å². The largest absolute Gasteiger partial charge is 0.480 e. The van der Waals surface area contributed by atoms with Gasteiger partial charge in [0, 0.05) is 36.2 Å². The van der Waals surface area contributed by atoms with Crippen molar-refractivity contribution < 1.29 is 24.3 Å². The first-order valence-electron chi connectivity index (χ1n) is 10.4. The molecule has 0 aliphatic rings. The van der Waals surface area contributed by atoms with E-state index in [1.165, 1.54) is 12.5 Å². The van der Waals surface area contributed by atoms with Crippen LogP contribution in [-0.4, -0.2) is 74.4 Å². The predicted molar refractivity (Wildman–Crippen MR) is 132 cm³/mol. The topological polar surface area (TPSA) is 179 Å². The molecule has 0 bridgehead atoms. The number of carbonyl (C=O) groups excluding carboxylic acids is 3. The molecule has 0 saturated heterocycles. The molecule has 7 N–H and O–H groups in total. The number of nitrogens with two attached hydrogens (primary N) is 1. The minimum atomic E-state index is -1.25. The Hall–Kier alpha value is -3.03. The Morgan fingerprint density at radius 1 is 0.912 bits per heavy atom. The van der Waals surface area contributed by atoms with Gasteiger partial charge in [0.1, 0.15) is 18.1 Å². The molecule has 1 aromatic heterocycles. The van der Waals surface area contributed by atoms with Gasteiger partial charge in [0.25, 0.3) is 0 Å². The summed E-state index contributed by atoms with van der Waals surface area (Å²) in [6.45, 7) is 0. The van der Waals surface area contributed by atoms with Crippen molar-refractivity contribution in [2.24, 2.45) is 5.73 Å². The molecule has 0 radical (unpaired) electrons. The van der Waals surface area contributed by atoms with Crippen molar-refractivity contribution in [2.75, 3.05) is 11.5 Å². The fourth-order valence-electron chi connectivity index (χ4n) is 2.98. The number of rotatable bonds is 13. The Kier molecular flexibility index (Phi) is 10.9. The lowest BCUT2D eigenvalue weighted by atomic mass is 10.0. The number of aromatic amines is 1. The number of thiol groups is 2. The molecule has 4 unspecified atom stereocenters. The maximum absolute atomic E-state index is 13.0. The molecule has 1 aromatic carbocycles. The van der Waals surface area contributed by atoms with Gasteiger partial charge in [-0.3, -0.25) is 14.4 Å². The first kappa shape index (κ1) is 27.2. The van der Waals surface area contributed by atoms with Crippen LogP contribution in [-0.2, 0) is 32.0 Å². The van der Waals surface area contributed by atoms with Gasteiger partial charge in [0.2, 0.25) is 17.7 Å². The molecule has 0 spiro atoms. The second-order valence-corrected chi connectivity index (χ2v) is 8.19. The van der Waals surface area contributed by atoms with E-state index in [4.69, 9.17) is 5.73 Å². The van der Waals surface area contributed by atoms with Crippen LogP contribution in [0.3, 0.4) is 0 Å². The van der Waals surface area contributed by atoms with Gasteiger partial charge >= 0.3 is 5.97 Å². The molecule has 34 heavy (non-hydrogen) atoms. The van der Waals surface area contributed by atoms with E-state index < -0.39 is 47.9 Å². The number of hydrogen-bond acceptors (Lipinski definition) is 8. The zero-order valence-electron chi connectivity index (χ0n) is 18.2. The molecule has 3 amide bonds. The van der Waals surface area contributed by atoms with Crippen LogP contribution in [0, 0.1) is 0 Å². The quantitative estimate of drug-likeness (QED) is 0.159. The Morgan fingerprint density at radius 2 is 1.53 bits per heavy atom. The highest BCUT2D eigenvalue weighted by Gasteiger charge is 2.30. The molecule has 11 nitrogen and oxygen atoms in total. The van der Waals surface area contributed by atoms with Crippen molar-refractivity contribution >= 4 is 48.9 Å². The summed E-state index contributed by atoms with van der Waals surface area (Å²) in [4.78, 5) is 56.2. The van der Waals surface area contributed by atoms with Gasteiger partial charge in [-0.25, -0.2) is 9.78 Å². The van der Waals surface area contributed by atoms with Gasteiger partial charge in [-0.05, 0) is 5.56 Å². The molecule has 0 fully saturated rings. The number of nitrogens with one attached hydrogen (secondary N) is 4. The fraction of sp³-hybridized carbons (Fsp3) is 0.381. The number of nitrogens with zero attached hydrogens (tertiary/aromatic N) is 1. The van der Waals surface area contributed by atoms with Gasteiger partial charge in [-0.15, -0.1) is 0 Å². The molecular weight excluding hydrogens is 480 g/mol. The number of H-pyrrole nitrogens is 1. The number of carboxylic acids is 1. The van der Waals surface area contributed by atoms with Crippen molar-refractivity contribution in [3.8, 4) is 0 Å². The van der Waals surface area contributed by atoms with Crippen LogP contribution < -0.4 is 21.7 Å². The summed E-state index contributed by atoms with van der Waals surface area (Å²) >= 11 is 8.12. The average molecular weight is 509 g/mol. The third-order valence-corrected chi connectivity index (χ3v) is 5.62. The number of benzene rings is 1. The highest BCUT2D eigenvalue weighted by Crippen LogP contribution is 2.06. The predicted octanol–water partition coefficient (Wildman–Crippen LogP) is -1.08. The fourth-order valence-corrected chi connectivity index (χ4v) is 3.40. The van der Waals surface area contributed by atoms with Crippen molar-refractivity contribution in [2.45, 2.75) is 37.0 Å². The van der Waals surface area contributed by atoms with Crippen LogP contribution in [0.1, 0.15) is 11.3 Å². The summed E-state index contributed by atoms with van der Waals surface area (Å²) in [6, 6.07) is 4.64. The van der Waals surface area contributed by atoms with E-state index in [2.05, 4.69) is 51.2 Å². The summed E-state index contributed by atoms with van der Waals surface area (Å²) in [5.74, 6) is -3.20. The van der Waals surface area contributed by atoms with E-state index in [1.54, 1.807) is 24.3 Å². The van der Waals surface area contributed by atoms with Crippen LogP contribution in [0.2, 0.25) is 0 Å². The monoisotopic (exact) mass is 508 g/mol. The van der Waals surface area contributed by atoms with Crippen LogP contribution in [0.5, 0.6) is 0 Å². The third kappa shape index (κ3) is 8.39. The maximum Gasteiger partial charge on any atom is 0.326 e. The summed E-state index contributed by atoms with van der Waals surface area (Å²) in [7, 11) is 0. The molecule has 184 valence electrons. The lowest BCUT2D eigenvalue weighted by Crippen LogP contribution is -2.58. The summed E-state index contributed by atoms with van der Waals surface area (Å²) in [5, 5.41) is 17.0. The standard InChI is InChI=1S/C21H28N6O5S2/c22-14(9-33)18(28)25-15(6-12-4-2-1-3-5-12)19(29)27-17(10-34)20(30)26-16(21(31)32)7-13-8-23-11-24-13/h1-5,8,11,14-17,33-34H,6-7,9-10,22H2,(H,23,24)(H,25,28)(H,26,30)(H,27,29)(H,31,32). The molecule has 0 aliphatic carbocycles. The van der Waals surface area contributed by atoms with Gasteiger partial charge < -0.3 is 31.8 Å². The summed E-state index contributed by atoms with van der Waals surface area (Å²) < 4.78 is 0. The van der Waals surface area contributed by atoms with E-state index in [0.717, 1.165) is 5.56 Å². The van der Waals surface area contributed by atoms with Gasteiger partial charge in [0.05, 0.1) is 12.4 Å². The molecule has 0 saturated carbocycles. The summed E-state index contributed by atoms with van der Waals surface area (Å²) in [6.07, 6.45) is 2.97. The van der Waals surface area contributed by atoms with Gasteiger partial charge in [-0.2, -0.15) is 25.3 Å². The average Bonchev–Trinajstić information content (AvgIpc) is 3.34. The highest BCUT2D eigenvalue weighted by atomic mass is 32.1. The van der Waals surface area contributed by atoms with Crippen LogP contribution in [0.4, 0.5) is 0 Å². The van der Waals surface area contributed by atoms with E-state index in [-0.39, 0.29) is 24.3 Å². The second kappa shape index (κ2) is 13.6. The minimum absolute atomic E-state index is 0.0252. The molecule has 0 aliphatic heterocycles. The third-order valence-electron chi connectivity index (χ3n) is 4.86. The first-order chi connectivity index (χ1) is 16.2. The molecule has 2 aromatic rings. The van der Waals surface area contributed by atoms with E-state index in [0.29, 0.717) is 5.69 Å². The Balaban J connectivity index is 2.10. The van der Waals surface area contributed by atoms with E-state index >= 15 is 0 Å². The summed E-state index contributed by atoms with van der Waals surface area (Å²) in [5.41, 5.74) is 7.01. The van der Waals surface area contributed by atoms with Gasteiger partial charge in [-0.1, -0.05) is 30.3 Å². The van der Waals surface area contributed by atoms with Crippen LogP contribution in [0.15, 0.2) is 42.9 Å². The maximum atomic E-state index is 13.0. The molecule has 2 rings (SSSR count). The SMILES string of the molecule is NC(CS)C(=O)NC(Cc1ccccc1)C(=O)NC(CS)C(=O)NC(Cc1cnc[nH]1)C(=O)O. The smallest absolute Gasteiger partial charge is 0.326 e. The number of amides is 3. The van der Waals surface area contributed by atoms with Crippen molar-refractivity contribution in [1.82, 2.24) is 25.9 Å². The number of imidazole rings is 1.